The molecule has 1 rings (SSSR count). The van der Waals surface area contributed by atoms with Crippen LogP contribution in [-0.4, -0.2) is 42.5 Å². The third-order valence-corrected chi connectivity index (χ3v) is 2.31. The highest BCUT2D eigenvalue weighted by Crippen LogP contribution is 2.09. The van der Waals surface area contributed by atoms with E-state index in [-0.39, 0.29) is 11.9 Å². The van der Waals surface area contributed by atoms with E-state index in [4.69, 9.17) is 5.73 Å². The molecule has 0 aliphatic rings. The maximum atomic E-state index is 11.7. The fraction of sp³-hybridized carbons (Fsp3) is 0.500. The molecule has 1 unspecified atom stereocenters. The number of hydrogen-bond acceptors (Lipinski definition) is 4. The van der Waals surface area contributed by atoms with Gasteiger partial charge in [0.2, 0.25) is 0 Å². The van der Waals surface area contributed by atoms with Gasteiger partial charge in [0.25, 0.3) is 5.91 Å². The molecule has 0 fully saturated rings. The maximum Gasteiger partial charge on any atom is 0.272 e. The van der Waals surface area contributed by atoms with Crippen molar-refractivity contribution in [3.05, 3.63) is 24.0 Å². The van der Waals surface area contributed by atoms with Gasteiger partial charge in [-0.3, -0.25) is 9.78 Å². The molecule has 3 N–H and O–H groups in total. The summed E-state index contributed by atoms with van der Waals surface area (Å²) in [7, 11) is 3.42. The number of anilines is 1. The molecular weight excluding hydrogens is 216 g/mol. The zero-order valence-corrected chi connectivity index (χ0v) is 10.6. The summed E-state index contributed by atoms with van der Waals surface area (Å²) < 4.78 is 0. The van der Waals surface area contributed by atoms with Gasteiger partial charge >= 0.3 is 0 Å². The predicted molar refractivity (Wildman–Crippen MR) is 69.0 cm³/mol. The molecule has 0 aromatic carbocycles. The van der Waals surface area contributed by atoms with Crippen LogP contribution in [0.4, 0.5) is 5.69 Å². The van der Waals surface area contributed by atoms with Crippen molar-refractivity contribution in [1.82, 2.24) is 9.88 Å². The molecule has 0 aliphatic heterocycles. The van der Waals surface area contributed by atoms with Crippen LogP contribution >= 0.6 is 0 Å². The lowest BCUT2D eigenvalue weighted by atomic mass is 10.2. The summed E-state index contributed by atoms with van der Waals surface area (Å²) in [6.07, 6.45) is 2.52. The van der Waals surface area contributed by atoms with E-state index < -0.39 is 0 Å². The van der Waals surface area contributed by atoms with Crippen LogP contribution in [0.25, 0.3) is 0 Å². The summed E-state index contributed by atoms with van der Waals surface area (Å²) in [6.45, 7) is 2.76. The standard InChI is InChI=1S/C12H20N4O/c1-9(13)4-6-14-10-5-7-15-11(8-10)12(17)16(2)3/h5,7-9H,4,6,13H2,1-3H3,(H,14,15). The second-order valence-electron chi connectivity index (χ2n) is 4.32. The number of pyridine rings is 1. The van der Waals surface area contributed by atoms with Gasteiger partial charge in [-0.25, -0.2) is 0 Å². The zero-order chi connectivity index (χ0) is 12.8. The second-order valence-corrected chi connectivity index (χ2v) is 4.32. The highest BCUT2D eigenvalue weighted by Gasteiger charge is 2.09. The summed E-state index contributed by atoms with van der Waals surface area (Å²) >= 11 is 0. The number of nitrogens with two attached hydrogens (primary N) is 1. The summed E-state index contributed by atoms with van der Waals surface area (Å²) in [5.41, 5.74) is 7.00. The first-order valence-corrected chi connectivity index (χ1v) is 5.68. The van der Waals surface area contributed by atoms with Gasteiger partial charge in [0.05, 0.1) is 0 Å². The Morgan fingerprint density at radius 3 is 2.88 bits per heavy atom. The fourth-order valence-electron chi connectivity index (χ4n) is 1.33. The predicted octanol–water partition coefficient (Wildman–Crippen LogP) is 0.933. The number of rotatable bonds is 5. The Kier molecular flexibility index (Phi) is 4.90. The smallest absolute Gasteiger partial charge is 0.272 e. The Balaban J connectivity index is 2.63. The van der Waals surface area contributed by atoms with E-state index in [9.17, 15) is 4.79 Å². The molecule has 1 amide bonds. The molecule has 0 saturated heterocycles. The first-order chi connectivity index (χ1) is 8.00. The van der Waals surface area contributed by atoms with Gasteiger partial charge in [-0.05, 0) is 25.5 Å². The monoisotopic (exact) mass is 236 g/mol. The van der Waals surface area contributed by atoms with E-state index in [1.54, 1.807) is 26.4 Å². The lowest BCUT2D eigenvalue weighted by molar-refractivity contribution is 0.0822. The van der Waals surface area contributed by atoms with Crippen molar-refractivity contribution in [1.29, 1.82) is 0 Å². The molecule has 5 nitrogen and oxygen atoms in total. The minimum atomic E-state index is -0.0964. The number of hydrogen-bond donors (Lipinski definition) is 2. The molecule has 1 atom stereocenters. The SMILES string of the molecule is CC(N)CCNc1ccnc(C(=O)N(C)C)c1. The van der Waals surface area contributed by atoms with Gasteiger partial charge in [0.1, 0.15) is 5.69 Å². The fourth-order valence-corrected chi connectivity index (χ4v) is 1.33. The second kappa shape index (κ2) is 6.20. The van der Waals surface area contributed by atoms with Crippen molar-refractivity contribution < 1.29 is 4.79 Å². The van der Waals surface area contributed by atoms with Crippen LogP contribution in [0.5, 0.6) is 0 Å². The summed E-state index contributed by atoms with van der Waals surface area (Å²) in [6, 6.07) is 3.77. The largest absolute Gasteiger partial charge is 0.385 e. The Morgan fingerprint density at radius 2 is 2.29 bits per heavy atom. The molecule has 0 aliphatic carbocycles. The van der Waals surface area contributed by atoms with Crippen molar-refractivity contribution in [3.8, 4) is 0 Å². The maximum absolute atomic E-state index is 11.7. The quantitative estimate of drug-likeness (QED) is 0.798. The van der Waals surface area contributed by atoms with Gasteiger partial charge in [0.15, 0.2) is 0 Å². The van der Waals surface area contributed by atoms with E-state index in [1.807, 2.05) is 13.0 Å². The van der Waals surface area contributed by atoms with Crippen molar-refractivity contribution in [2.45, 2.75) is 19.4 Å². The molecule has 0 saturated carbocycles. The van der Waals surface area contributed by atoms with Crippen LogP contribution < -0.4 is 11.1 Å². The molecule has 1 aromatic rings. The first-order valence-electron chi connectivity index (χ1n) is 5.68. The molecule has 1 heterocycles. The molecule has 5 heteroatoms. The number of nitrogens with zero attached hydrogens (tertiary/aromatic N) is 2. The Bertz CT molecular complexity index is 377. The van der Waals surface area contributed by atoms with Crippen molar-refractivity contribution in [3.63, 3.8) is 0 Å². The Labute approximate surface area is 102 Å². The lowest BCUT2D eigenvalue weighted by Gasteiger charge is -2.11. The number of carbonyl (C=O) groups is 1. The third-order valence-electron chi connectivity index (χ3n) is 2.31. The topological polar surface area (TPSA) is 71.2 Å². The summed E-state index contributed by atoms with van der Waals surface area (Å²) in [4.78, 5) is 17.3. The van der Waals surface area contributed by atoms with Crippen molar-refractivity contribution >= 4 is 11.6 Å². The van der Waals surface area contributed by atoms with Gasteiger partial charge < -0.3 is 16.0 Å². The molecule has 1 aromatic heterocycles. The van der Waals surface area contributed by atoms with Gasteiger partial charge in [-0.2, -0.15) is 0 Å². The van der Waals surface area contributed by atoms with E-state index in [2.05, 4.69) is 10.3 Å². The average Bonchev–Trinajstić information content (AvgIpc) is 2.28. The lowest BCUT2D eigenvalue weighted by Crippen LogP contribution is -2.23. The van der Waals surface area contributed by atoms with Gasteiger partial charge in [-0.1, -0.05) is 0 Å². The molecule has 0 spiro atoms. The number of amides is 1. The third kappa shape index (κ3) is 4.40. The van der Waals surface area contributed by atoms with Crippen LogP contribution in [-0.2, 0) is 0 Å². The van der Waals surface area contributed by atoms with Crippen molar-refractivity contribution in [2.75, 3.05) is 26.0 Å². The number of aromatic nitrogens is 1. The van der Waals surface area contributed by atoms with Crippen LogP contribution in [0.1, 0.15) is 23.8 Å². The Hall–Kier alpha value is -1.62. The van der Waals surface area contributed by atoms with Crippen LogP contribution in [0, 0.1) is 0 Å². The average molecular weight is 236 g/mol. The zero-order valence-electron chi connectivity index (χ0n) is 10.6. The first kappa shape index (κ1) is 13.4. The molecule has 0 radical (unpaired) electrons. The summed E-state index contributed by atoms with van der Waals surface area (Å²) in [5, 5.41) is 3.22. The van der Waals surface area contributed by atoms with E-state index in [1.165, 1.54) is 4.90 Å². The number of carbonyl (C=O) groups excluding carboxylic acids is 1. The summed E-state index contributed by atoms with van der Waals surface area (Å²) in [5.74, 6) is -0.0964. The van der Waals surface area contributed by atoms with Gasteiger partial charge in [-0.15, -0.1) is 0 Å². The van der Waals surface area contributed by atoms with E-state index in [0.717, 1.165) is 18.7 Å². The van der Waals surface area contributed by atoms with E-state index >= 15 is 0 Å². The minimum absolute atomic E-state index is 0.0964. The molecule has 94 valence electrons. The van der Waals surface area contributed by atoms with Gasteiger partial charge in [0, 0.05) is 38.6 Å². The molecular formula is C12H20N4O. The molecule has 0 bridgehead atoms. The highest BCUT2D eigenvalue weighted by molar-refractivity contribution is 5.92. The molecule has 17 heavy (non-hydrogen) atoms. The van der Waals surface area contributed by atoms with Crippen LogP contribution in [0.15, 0.2) is 18.3 Å². The van der Waals surface area contributed by atoms with E-state index in [0.29, 0.717) is 5.69 Å². The normalized spacial score (nSPS) is 12.0. The number of nitrogens with one attached hydrogen (secondary N) is 1. The van der Waals surface area contributed by atoms with Crippen molar-refractivity contribution in [2.24, 2.45) is 5.73 Å². The Morgan fingerprint density at radius 1 is 1.59 bits per heavy atom. The van der Waals surface area contributed by atoms with Crippen LogP contribution in [0.3, 0.4) is 0 Å². The highest BCUT2D eigenvalue weighted by atomic mass is 16.2. The van der Waals surface area contributed by atoms with Crippen LogP contribution in [0.2, 0.25) is 0 Å². The minimum Gasteiger partial charge on any atom is -0.385 e.